The summed E-state index contributed by atoms with van der Waals surface area (Å²) in [6.45, 7) is 0.461. The molecule has 2 N–H and O–H groups in total. The van der Waals surface area contributed by atoms with Gasteiger partial charge in [-0.15, -0.1) is 0 Å². The van der Waals surface area contributed by atoms with E-state index in [0.717, 1.165) is 21.1 Å². The zero-order valence-corrected chi connectivity index (χ0v) is 16.4. The SMILES string of the molecule is COc1ccc(Sc2ccccc2CNc2cc(Br)cc(F)c2O)cc1. The van der Waals surface area contributed by atoms with E-state index in [-0.39, 0.29) is 5.75 Å². The normalized spacial score (nSPS) is 10.6. The molecule has 6 heteroatoms. The molecule has 0 aliphatic rings. The van der Waals surface area contributed by atoms with Crippen molar-refractivity contribution < 1.29 is 14.2 Å². The molecule has 0 bridgehead atoms. The molecule has 134 valence electrons. The van der Waals surface area contributed by atoms with Gasteiger partial charge in [-0.2, -0.15) is 0 Å². The van der Waals surface area contributed by atoms with Crippen molar-refractivity contribution in [3.63, 3.8) is 0 Å². The maximum atomic E-state index is 13.7. The summed E-state index contributed by atoms with van der Waals surface area (Å²) in [6, 6.07) is 18.7. The summed E-state index contributed by atoms with van der Waals surface area (Å²) in [5.74, 6) is -0.229. The Morgan fingerprint density at radius 1 is 1.12 bits per heavy atom. The standard InChI is InChI=1S/C20H17BrFNO2S/c1-25-15-6-8-16(9-7-15)26-19-5-3-2-4-13(19)12-23-18-11-14(21)10-17(22)20(18)24/h2-11,23-24H,12H2,1H3. The van der Waals surface area contributed by atoms with Crippen molar-refractivity contribution in [3.05, 3.63) is 76.5 Å². The predicted molar refractivity (Wildman–Crippen MR) is 107 cm³/mol. The van der Waals surface area contributed by atoms with Crippen LogP contribution in [0.4, 0.5) is 10.1 Å². The Kier molecular flexibility index (Phi) is 6.06. The molecule has 0 aliphatic heterocycles. The highest BCUT2D eigenvalue weighted by Crippen LogP contribution is 2.34. The van der Waals surface area contributed by atoms with Crippen molar-refractivity contribution in [2.24, 2.45) is 0 Å². The minimum absolute atomic E-state index is 0.348. The van der Waals surface area contributed by atoms with Crippen LogP contribution in [0.1, 0.15) is 5.56 Å². The first-order valence-electron chi connectivity index (χ1n) is 7.88. The van der Waals surface area contributed by atoms with E-state index in [1.807, 2.05) is 48.5 Å². The third-order valence-corrected chi connectivity index (χ3v) is 5.34. The van der Waals surface area contributed by atoms with E-state index < -0.39 is 5.82 Å². The van der Waals surface area contributed by atoms with Gasteiger partial charge in [-0.1, -0.05) is 45.9 Å². The fourth-order valence-corrected chi connectivity index (χ4v) is 3.79. The lowest BCUT2D eigenvalue weighted by molar-refractivity contribution is 0.414. The minimum atomic E-state index is -0.664. The Morgan fingerprint density at radius 2 is 1.85 bits per heavy atom. The molecule has 3 aromatic rings. The van der Waals surface area contributed by atoms with Crippen molar-refractivity contribution >= 4 is 33.4 Å². The summed E-state index contributed by atoms with van der Waals surface area (Å²) in [5.41, 5.74) is 1.40. The highest BCUT2D eigenvalue weighted by molar-refractivity contribution is 9.10. The van der Waals surface area contributed by atoms with E-state index in [2.05, 4.69) is 21.2 Å². The van der Waals surface area contributed by atoms with E-state index >= 15 is 0 Å². The van der Waals surface area contributed by atoms with Crippen LogP contribution in [0.25, 0.3) is 0 Å². The first-order valence-corrected chi connectivity index (χ1v) is 9.49. The van der Waals surface area contributed by atoms with E-state index in [1.165, 1.54) is 6.07 Å². The van der Waals surface area contributed by atoms with Crippen molar-refractivity contribution in [3.8, 4) is 11.5 Å². The molecule has 0 spiro atoms. The molecule has 0 heterocycles. The molecular weight excluding hydrogens is 417 g/mol. The number of hydrogen-bond acceptors (Lipinski definition) is 4. The number of benzene rings is 3. The van der Waals surface area contributed by atoms with Crippen LogP contribution in [0.15, 0.2) is 74.9 Å². The number of hydrogen-bond donors (Lipinski definition) is 2. The number of rotatable bonds is 6. The fraction of sp³-hybridized carbons (Fsp3) is 0.100. The second kappa shape index (κ2) is 8.47. The molecule has 0 fully saturated rings. The lowest BCUT2D eigenvalue weighted by Gasteiger charge is -2.13. The smallest absolute Gasteiger partial charge is 0.175 e. The molecule has 26 heavy (non-hydrogen) atoms. The van der Waals surface area contributed by atoms with Gasteiger partial charge in [0, 0.05) is 20.8 Å². The van der Waals surface area contributed by atoms with Gasteiger partial charge >= 0.3 is 0 Å². The van der Waals surface area contributed by atoms with Gasteiger partial charge in [0.1, 0.15) is 5.75 Å². The molecule has 0 aliphatic carbocycles. The Labute approximate surface area is 164 Å². The second-order valence-corrected chi connectivity index (χ2v) is 7.55. The quantitative estimate of drug-likeness (QED) is 0.463. The van der Waals surface area contributed by atoms with Crippen LogP contribution >= 0.6 is 27.7 Å². The van der Waals surface area contributed by atoms with Gasteiger partial charge < -0.3 is 15.2 Å². The van der Waals surface area contributed by atoms with Gasteiger partial charge in [0.2, 0.25) is 0 Å². The van der Waals surface area contributed by atoms with Gasteiger partial charge in [-0.25, -0.2) is 4.39 Å². The maximum absolute atomic E-state index is 13.7. The molecular formula is C20H17BrFNO2S. The molecule has 0 atom stereocenters. The lowest BCUT2D eigenvalue weighted by Crippen LogP contribution is -2.02. The van der Waals surface area contributed by atoms with Crippen LogP contribution in [0, 0.1) is 5.82 Å². The van der Waals surface area contributed by atoms with Gasteiger partial charge in [-0.3, -0.25) is 0 Å². The van der Waals surface area contributed by atoms with Crippen LogP contribution in [0.2, 0.25) is 0 Å². The zero-order chi connectivity index (χ0) is 18.5. The second-order valence-electron chi connectivity index (χ2n) is 5.52. The molecule has 0 radical (unpaired) electrons. The number of methoxy groups -OCH3 is 1. The number of anilines is 1. The molecule has 0 amide bonds. The summed E-state index contributed by atoms with van der Waals surface area (Å²) in [6.07, 6.45) is 0. The highest BCUT2D eigenvalue weighted by Gasteiger charge is 2.10. The van der Waals surface area contributed by atoms with E-state index in [4.69, 9.17) is 4.74 Å². The summed E-state index contributed by atoms with van der Waals surface area (Å²) in [7, 11) is 1.64. The van der Waals surface area contributed by atoms with Gasteiger partial charge in [-0.05, 0) is 48.0 Å². The molecule has 3 aromatic carbocycles. The van der Waals surface area contributed by atoms with Crippen LogP contribution in [0.3, 0.4) is 0 Å². The molecule has 3 nitrogen and oxygen atoms in total. The summed E-state index contributed by atoms with van der Waals surface area (Å²) in [4.78, 5) is 2.18. The average molecular weight is 434 g/mol. The van der Waals surface area contributed by atoms with Crippen molar-refractivity contribution in [1.29, 1.82) is 0 Å². The molecule has 0 saturated carbocycles. The average Bonchev–Trinajstić information content (AvgIpc) is 2.65. The van der Waals surface area contributed by atoms with Crippen LogP contribution < -0.4 is 10.1 Å². The molecule has 0 aromatic heterocycles. The summed E-state index contributed by atoms with van der Waals surface area (Å²) in [5, 5.41) is 13.0. The minimum Gasteiger partial charge on any atom is -0.503 e. The van der Waals surface area contributed by atoms with Crippen molar-refractivity contribution in [1.82, 2.24) is 0 Å². The number of ether oxygens (including phenoxy) is 1. The number of nitrogens with one attached hydrogen (secondary N) is 1. The van der Waals surface area contributed by atoms with E-state index in [9.17, 15) is 9.50 Å². The first kappa shape index (κ1) is 18.6. The third kappa shape index (κ3) is 4.51. The summed E-state index contributed by atoms with van der Waals surface area (Å²) < 4.78 is 19.4. The molecule has 0 saturated heterocycles. The number of aromatic hydroxyl groups is 1. The fourth-order valence-electron chi connectivity index (χ4n) is 2.41. The topological polar surface area (TPSA) is 41.5 Å². The maximum Gasteiger partial charge on any atom is 0.175 e. The number of phenolic OH excluding ortho intramolecular Hbond substituents is 1. The Balaban J connectivity index is 1.77. The van der Waals surface area contributed by atoms with Crippen LogP contribution in [-0.4, -0.2) is 12.2 Å². The van der Waals surface area contributed by atoms with E-state index in [0.29, 0.717) is 16.7 Å². The number of phenols is 1. The van der Waals surface area contributed by atoms with Crippen LogP contribution in [-0.2, 0) is 6.54 Å². The van der Waals surface area contributed by atoms with Crippen molar-refractivity contribution in [2.75, 3.05) is 12.4 Å². The highest BCUT2D eigenvalue weighted by atomic mass is 79.9. The Hall–Kier alpha value is -2.18. The predicted octanol–water partition coefficient (Wildman–Crippen LogP) is 6.07. The third-order valence-electron chi connectivity index (χ3n) is 3.76. The first-order chi connectivity index (χ1) is 12.6. The monoisotopic (exact) mass is 433 g/mol. The number of halogens is 2. The van der Waals surface area contributed by atoms with E-state index in [1.54, 1.807) is 24.9 Å². The van der Waals surface area contributed by atoms with Gasteiger partial charge in [0.05, 0.1) is 12.8 Å². The van der Waals surface area contributed by atoms with Crippen LogP contribution in [0.5, 0.6) is 11.5 Å². The van der Waals surface area contributed by atoms with Gasteiger partial charge in [0.25, 0.3) is 0 Å². The summed E-state index contributed by atoms with van der Waals surface area (Å²) >= 11 is 4.88. The van der Waals surface area contributed by atoms with Gasteiger partial charge in [0.15, 0.2) is 11.6 Å². The zero-order valence-electron chi connectivity index (χ0n) is 14.0. The largest absolute Gasteiger partial charge is 0.503 e. The Bertz CT molecular complexity index is 903. The lowest BCUT2D eigenvalue weighted by atomic mass is 10.2. The molecule has 0 unspecified atom stereocenters. The van der Waals surface area contributed by atoms with Crippen molar-refractivity contribution in [2.45, 2.75) is 16.3 Å². The molecule has 3 rings (SSSR count). The Morgan fingerprint density at radius 3 is 2.58 bits per heavy atom.